The van der Waals surface area contributed by atoms with Crippen molar-refractivity contribution in [1.82, 2.24) is 0 Å². The van der Waals surface area contributed by atoms with Crippen molar-refractivity contribution in [3.63, 3.8) is 0 Å². The van der Waals surface area contributed by atoms with E-state index in [0.29, 0.717) is 54.1 Å². The zero-order valence-corrected chi connectivity index (χ0v) is 20.7. The summed E-state index contributed by atoms with van der Waals surface area (Å²) in [6, 6.07) is 0. The highest BCUT2D eigenvalue weighted by Gasteiger charge is 2.64. The molecule has 4 fully saturated rings. The van der Waals surface area contributed by atoms with Gasteiger partial charge in [0, 0.05) is 25.2 Å². The molecule has 4 saturated carbocycles. The van der Waals surface area contributed by atoms with Crippen molar-refractivity contribution in [2.75, 3.05) is 7.11 Å². The molecule has 0 aromatic carbocycles. The summed E-state index contributed by atoms with van der Waals surface area (Å²) in [5.41, 5.74) is -0.0556. The second kappa shape index (κ2) is 8.76. The molecular formula is C27H42O5. The lowest BCUT2D eigenvalue weighted by molar-refractivity contribution is -0.167. The Hall–Kier alpha value is -1.39. The van der Waals surface area contributed by atoms with E-state index >= 15 is 0 Å². The molecule has 4 aliphatic carbocycles. The molecule has 5 heteroatoms. The first-order valence-corrected chi connectivity index (χ1v) is 12.9. The Morgan fingerprint density at radius 2 is 1.84 bits per heavy atom. The van der Waals surface area contributed by atoms with E-state index in [-0.39, 0.29) is 28.9 Å². The summed E-state index contributed by atoms with van der Waals surface area (Å²) in [6.45, 7) is 8.43. The molecule has 0 aromatic rings. The smallest absolute Gasteiger partial charge is 0.305 e. The molecule has 0 bridgehead atoms. The van der Waals surface area contributed by atoms with Crippen molar-refractivity contribution in [2.24, 2.45) is 46.3 Å². The van der Waals surface area contributed by atoms with Crippen LogP contribution in [0.4, 0.5) is 0 Å². The summed E-state index contributed by atoms with van der Waals surface area (Å²) < 4.78 is 10.4. The van der Waals surface area contributed by atoms with Crippen molar-refractivity contribution < 1.29 is 23.9 Å². The van der Waals surface area contributed by atoms with Gasteiger partial charge in [0.25, 0.3) is 0 Å². The van der Waals surface area contributed by atoms with Gasteiger partial charge in [0.2, 0.25) is 0 Å². The number of hydrogen-bond donors (Lipinski definition) is 0. The molecule has 0 spiro atoms. The quantitative estimate of drug-likeness (QED) is 0.533. The van der Waals surface area contributed by atoms with Crippen molar-refractivity contribution in [1.29, 1.82) is 0 Å². The Balaban J connectivity index is 1.50. The minimum atomic E-state index is -0.241. The van der Waals surface area contributed by atoms with Gasteiger partial charge >= 0.3 is 11.9 Å². The Bertz CT molecular complexity index is 761. The van der Waals surface area contributed by atoms with E-state index in [1.807, 2.05) is 0 Å². The maximum Gasteiger partial charge on any atom is 0.305 e. The Labute approximate surface area is 193 Å². The lowest BCUT2D eigenvalue weighted by Crippen LogP contribution is -2.57. The third kappa shape index (κ3) is 3.81. The monoisotopic (exact) mass is 446 g/mol. The topological polar surface area (TPSA) is 69.7 Å². The van der Waals surface area contributed by atoms with Gasteiger partial charge in [0.05, 0.1) is 7.11 Å². The minimum Gasteiger partial charge on any atom is -0.469 e. The molecule has 0 aromatic heterocycles. The zero-order chi connectivity index (χ0) is 23.3. The lowest BCUT2D eigenvalue weighted by atomic mass is 9.44. The average Bonchev–Trinajstić information content (AvgIpc) is 3.11. The molecular weight excluding hydrogens is 404 g/mol. The maximum absolute atomic E-state index is 13.8. The summed E-state index contributed by atoms with van der Waals surface area (Å²) in [6.07, 6.45) is 9.61. The fraction of sp³-hybridized carbons (Fsp3) is 0.889. The zero-order valence-electron chi connectivity index (χ0n) is 20.7. The van der Waals surface area contributed by atoms with E-state index in [1.54, 1.807) is 0 Å². The van der Waals surface area contributed by atoms with E-state index < -0.39 is 0 Å². The second-order valence-corrected chi connectivity index (χ2v) is 11.8. The van der Waals surface area contributed by atoms with Crippen LogP contribution in [0.1, 0.15) is 91.9 Å². The Morgan fingerprint density at radius 1 is 1.09 bits per heavy atom. The summed E-state index contributed by atoms with van der Waals surface area (Å²) in [7, 11) is 1.45. The van der Waals surface area contributed by atoms with Gasteiger partial charge in [-0.2, -0.15) is 0 Å². The molecule has 0 aliphatic heterocycles. The van der Waals surface area contributed by atoms with Gasteiger partial charge < -0.3 is 9.47 Å². The molecule has 0 amide bonds. The molecule has 0 N–H and O–H groups in total. The number of ketones is 1. The number of carbonyl (C=O) groups excluding carboxylic acids is 3. The number of methoxy groups -OCH3 is 1. The second-order valence-electron chi connectivity index (χ2n) is 11.8. The largest absolute Gasteiger partial charge is 0.469 e. The highest BCUT2D eigenvalue weighted by Crippen LogP contribution is 2.67. The predicted octanol–water partition coefficient (Wildman–Crippen LogP) is 5.35. The van der Waals surface area contributed by atoms with Crippen molar-refractivity contribution in [2.45, 2.75) is 98.0 Å². The molecule has 0 saturated heterocycles. The number of rotatable bonds is 5. The van der Waals surface area contributed by atoms with Crippen LogP contribution < -0.4 is 0 Å². The third-order valence-electron chi connectivity index (χ3n) is 10.6. The Kier molecular flexibility index (Phi) is 6.50. The summed E-state index contributed by atoms with van der Waals surface area (Å²) >= 11 is 0. The lowest BCUT2D eigenvalue weighted by Gasteiger charge is -2.60. The predicted molar refractivity (Wildman–Crippen MR) is 122 cm³/mol. The third-order valence-corrected chi connectivity index (χ3v) is 10.6. The van der Waals surface area contributed by atoms with Crippen LogP contribution in [0.25, 0.3) is 0 Å². The standard InChI is InChI=1S/C27H42O5/c1-16(6-11-25(30)31-5)21-9-10-22-20-8-7-18-14-19(32-17(2)28)12-13-26(18,3)23(20)15-24(29)27(21,22)4/h16,18-23H,6-15H2,1-5H3/t16-,18+,19+,20-,21-,22+,23-,26-,27-/m0/s1. The van der Waals surface area contributed by atoms with Crippen molar-refractivity contribution in [3.8, 4) is 0 Å². The first-order valence-electron chi connectivity index (χ1n) is 12.9. The molecule has 0 radical (unpaired) electrons. The van der Waals surface area contributed by atoms with Crippen molar-refractivity contribution in [3.05, 3.63) is 0 Å². The van der Waals surface area contributed by atoms with Crippen LogP contribution in [0.3, 0.4) is 0 Å². The normalized spacial score (nSPS) is 44.1. The molecule has 32 heavy (non-hydrogen) atoms. The van der Waals surface area contributed by atoms with E-state index in [2.05, 4.69) is 20.8 Å². The number of esters is 2. The number of hydrogen-bond acceptors (Lipinski definition) is 5. The molecule has 180 valence electrons. The van der Waals surface area contributed by atoms with Gasteiger partial charge in [0.15, 0.2) is 0 Å². The van der Waals surface area contributed by atoms with Crippen LogP contribution in [0.2, 0.25) is 0 Å². The van der Waals surface area contributed by atoms with Gasteiger partial charge in [-0.15, -0.1) is 0 Å². The van der Waals surface area contributed by atoms with E-state index in [1.165, 1.54) is 26.9 Å². The van der Waals surface area contributed by atoms with Crippen molar-refractivity contribution >= 4 is 17.7 Å². The number of carbonyl (C=O) groups is 3. The van der Waals surface area contributed by atoms with Gasteiger partial charge in [-0.1, -0.05) is 20.8 Å². The first kappa shape index (κ1) is 23.8. The van der Waals surface area contributed by atoms with Crippen LogP contribution in [0.15, 0.2) is 0 Å². The molecule has 0 heterocycles. The maximum atomic E-state index is 13.8. The molecule has 4 aliphatic rings. The van der Waals surface area contributed by atoms with Crippen LogP contribution >= 0.6 is 0 Å². The number of fused-ring (bicyclic) bond motifs is 5. The fourth-order valence-electron chi connectivity index (χ4n) is 8.86. The highest BCUT2D eigenvalue weighted by atomic mass is 16.5. The summed E-state index contributed by atoms with van der Waals surface area (Å²) in [5, 5.41) is 0. The van der Waals surface area contributed by atoms with Gasteiger partial charge in [0.1, 0.15) is 11.9 Å². The molecule has 9 atom stereocenters. The highest BCUT2D eigenvalue weighted by molar-refractivity contribution is 5.87. The van der Waals surface area contributed by atoms with E-state index in [4.69, 9.17) is 9.47 Å². The summed E-state index contributed by atoms with van der Waals surface area (Å²) in [4.78, 5) is 37.0. The Morgan fingerprint density at radius 3 is 2.53 bits per heavy atom. The van der Waals surface area contributed by atoms with Crippen LogP contribution in [0, 0.1) is 46.3 Å². The fourth-order valence-corrected chi connectivity index (χ4v) is 8.86. The van der Waals surface area contributed by atoms with Crippen LogP contribution in [0.5, 0.6) is 0 Å². The summed E-state index contributed by atoms with van der Waals surface area (Å²) in [5.74, 6) is 3.00. The average molecular weight is 447 g/mol. The van der Waals surface area contributed by atoms with Gasteiger partial charge in [-0.25, -0.2) is 0 Å². The van der Waals surface area contributed by atoms with Gasteiger partial charge in [-0.05, 0) is 92.3 Å². The van der Waals surface area contributed by atoms with E-state index in [9.17, 15) is 14.4 Å². The SMILES string of the molecule is COC(=O)CC[C@H](C)[C@@H]1CC[C@@H]2[C@@H]3CC[C@@H]4C[C@H](OC(C)=O)CC[C@]4(C)[C@H]3CC(=O)[C@]21C. The van der Waals surface area contributed by atoms with Crippen LogP contribution in [-0.4, -0.2) is 30.9 Å². The number of ether oxygens (including phenoxy) is 2. The molecule has 4 rings (SSSR count). The molecule has 0 unspecified atom stereocenters. The molecule has 5 nitrogen and oxygen atoms in total. The van der Waals surface area contributed by atoms with E-state index in [0.717, 1.165) is 38.5 Å². The minimum absolute atomic E-state index is 0.0539. The number of Topliss-reactive ketones (excluding diaryl/α,β-unsaturated/α-hetero) is 1. The van der Waals surface area contributed by atoms with Crippen LogP contribution in [-0.2, 0) is 23.9 Å². The first-order chi connectivity index (χ1) is 15.1. The van der Waals surface area contributed by atoms with Gasteiger partial charge in [-0.3, -0.25) is 14.4 Å².